The van der Waals surface area contributed by atoms with Crippen LogP contribution in [0.3, 0.4) is 0 Å². The summed E-state index contributed by atoms with van der Waals surface area (Å²) in [6.45, 7) is 6.54. The van der Waals surface area contributed by atoms with Gasteiger partial charge in [-0.25, -0.2) is 0 Å². The molecule has 0 aromatic heterocycles. The lowest BCUT2D eigenvalue weighted by molar-refractivity contribution is -0.167. The minimum atomic E-state index is -0.777. The van der Waals surface area contributed by atoms with Crippen LogP contribution in [0.5, 0.6) is 0 Å². The summed E-state index contributed by atoms with van der Waals surface area (Å²) in [6, 6.07) is 0. The summed E-state index contributed by atoms with van der Waals surface area (Å²) in [7, 11) is 0. The molecule has 82 heavy (non-hydrogen) atoms. The van der Waals surface area contributed by atoms with Crippen LogP contribution in [0.25, 0.3) is 0 Å². The number of carbonyl (C=O) groups is 3. The molecule has 0 saturated carbocycles. The summed E-state index contributed by atoms with van der Waals surface area (Å²) in [5.41, 5.74) is 0. The SMILES string of the molecule is CC/C=C\C/C=C\C/C=C\C/C=C\C/C=C\CCCCCCCCCCCCCCCCCCCCCC(=O)OCC(COC(=O)CCCCCCCCCCCCCC)OC(=O)CCCCCCCCC/C=C\C/C=C\CCCCC. The summed E-state index contributed by atoms with van der Waals surface area (Å²) in [4.78, 5) is 38.3. The van der Waals surface area contributed by atoms with Crippen molar-refractivity contribution in [1.82, 2.24) is 0 Å². The van der Waals surface area contributed by atoms with Crippen LogP contribution in [0.2, 0.25) is 0 Å². The van der Waals surface area contributed by atoms with Crippen molar-refractivity contribution < 1.29 is 28.6 Å². The van der Waals surface area contributed by atoms with Crippen LogP contribution in [0.1, 0.15) is 361 Å². The first kappa shape index (κ1) is 78.6. The van der Waals surface area contributed by atoms with Gasteiger partial charge in [-0.15, -0.1) is 0 Å². The van der Waals surface area contributed by atoms with Crippen molar-refractivity contribution in [2.45, 2.75) is 367 Å². The van der Waals surface area contributed by atoms with Crippen molar-refractivity contribution in [2.24, 2.45) is 0 Å². The highest BCUT2D eigenvalue weighted by atomic mass is 16.6. The number of esters is 3. The molecule has 6 nitrogen and oxygen atoms in total. The number of carbonyl (C=O) groups excluding carboxylic acids is 3. The Morgan fingerprint density at radius 3 is 0.768 bits per heavy atom. The maximum atomic E-state index is 12.9. The highest BCUT2D eigenvalue weighted by Crippen LogP contribution is 2.18. The van der Waals surface area contributed by atoms with Crippen molar-refractivity contribution in [1.29, 1.82) is 0 Å². The molecule has 0 aromatic carbocycles. The Hall–Kier alpha value is -3.41. The molecule has 0 aliphatic heterocycles. The monoisotopic (exact) mass is 1140 g/mol. The highest BCUT2D eigenvalue weighted by Gasteiger charge is 2.19. The molecule has 0 aliphatic carbocycles. The average Bonchev–Trinajstić information content (AvgIpc) is 3.47. The summed E-state index contributed by atoms with van der Waals surface area (Å²) in [5.74, 6) is -0.861. The minimum absolute atomic E-state index is 0.0734. The Morgan fingerprint density at radius 2 is 0.476 bits per heavy atom. The van der Waals surface area contributed by atoms with E-state index in [-0.39, 0.29) is 31.1 Å². The molecule has 0 saturated heterocycles. The van der Waals surface area contributed by atoms with Crippen LogP contribution >= 0.6 is 0 Å². The average molecular weight is 1140 g/mol. The molecular formula is C76H134O6. The molecule has 6 heteroatoms. The lowest BCUT2D eigenvalue weighted by Gasteiger charge is -2.18. The van der Waals surface area contributed by atoms with Crippen LogP contribution in [0.15, 0.2) is 85.1 Å². The molecule has 0 radical (unpaired) electrons. The van der Waals surface area contributed by atoms with Gasteiger partial charge in [-0.1, -0.05) is 331 Å². The first-order chi connectivity index (χ1) is 40.5. The zero-order valence-corrected chi connectivity index (χ0v) is 54.5. The Morgan fingerprint density at radius 1 is 0.256 bits per heavy atom. The molecule has 0 rings (SSSR count). The van der Waals surface area contributed by atoms with Gasteiger partial charge in [0.25, 0.3) is 0 Å². The summed E-state index contributed by atoms with van der Waals surface area (Å²) >= 11 is 0. The third-order valence-corrected chi connectivity index (χ3v) is 15.6. The van der Waals surface area contributed by atoms with E-state index in [2.05, 4.69) is 106 Å². The van der Waals surface area contributed by atoms with Gasteiger partial charge >= 0.3 is 17.9 Å². The zero-order chi connectivity index (χ0) is 59.2. The second-order valence-electron chi connectivity index (χ2n) is 23.8. The standard InChI is InChI=1S/C76H134O6/c1-4-7-10-13-16-19-22-25-27-29-30-31-32-33-34-35-36-37-38-39-40-41-42-43-44-45-46-48-49-51-54-57-60-63-66-69-75(78)81-72-73(71-80-74(77)68-65-62-59-56-53-24-21-18-15-12-9-6-3)82-76(79)70-67-64-61-58-55-52-50-47-28-26-23-20-17-14-11-8-5-2/h7,10,16-17,19-20,25-28,30-31,33-34,73H,4-6,8-9,11-15,18,21-24,29,32,35-72H2,1-3H3/b10-7-,19-16-,20-17-,27-25-,28-26-,31-30-,34-33-. The van der Waals surface area contributed by atoms with E-state index < -0.39 is 6.10 Å². The smallest absolute Gasteiger partial charge is 0.306 e. The molecular weight excluding hydrogens is 1010 g/mol. The van der Waals surface area contributed by atoms with Crippen LogP contribution in [-0.2, 0) is 28.6 Å². The molecule has 0 N–H and O–H groups in total. The van der Waals surface area contributed by atoms with E-state index in [1.165, 1.54) is 218 Å². The van der Waals surface area contributed by atoms with Gasteiger partial charge in [0.2, 0.25) is 0 Å². The maximum absolute atomic E-state index is 12.9. The van der Waals surface area contributed by atoms with Gasteiger partial charge in [-0.05, 0) is 96.3 Å². The largest absolute Gasteiger partial charge is 0.462 e. The Kier molecular flexibility index (Phi) is 67.2. The third kappa shape index (κ3) is 67.4. The quantitative estimate of drug-likeness (QED) is 0.0261. The summed E-state index contributed by atoms with van der Waals surface area (Å²) < 4.78 is 17.0. The third-order valence-electron chi connectivity index (χ3n) is 15.6. The van der Waals surface area contributed by atoms with E-state index in [0.29, 0.717) is 19.3 Å². The highest BCUT2D eigenvalue weighted by molar-refractivity contribution is 5.71. The van der Waals surface area contributed by atoms with Crippen molar-refractivity contribution in [3.63, 3.8) is 0 Å². The molecule has 0 heterocycles. The lowest BCUT2D eigenvalue weighted by Crippen LogP contribution is -2.30. The van der Waals surface area contributed by atoms with E-state index in [1.54, 1.807) is 0 Å². The Labute approximate surface area is 509 Å². The normalized spacial score (nSPS) is 12.6. The molecule has 0 spiro atoms. The second kappa shape index (κ2) is 70.1. The predicted molar refractivity (Wildman–Crippen MR) is 358 cm³/mol. The first-order valence-electron chi connectivity index (χ1n) is 35.6. The maximum Gasteiger partial charge on any atom is 0.306 e. The van der Waals surface area contributed by atoms with E-state index in [9.17, 15) is 14.4 Å². The first-order valence-corrected chi connectivity index (χ1v) is 35.6. The summed E-state index contributed by atoms with van der Waals surface area (Å²) in [6.07, 6.45) is 93.4. The van der Waals surface area contributed by atoms with Crippen molar-refractivity contribution in [3.05, 3.63) is 85.1 Å². The van der Waals surface area contributed by atoms with Gasteiger partial charge in [-0.3, -0.25) is 14.4 Å². The van der Waals surface area contributed by atoms with Crippen LogP contribution in [0, 0.1) is 0 Å². The van der Waals surface area contributed by atoms with Crippen LogP contribution < -0.4 is 0 Å². The molecule has 0 bridgehead atoms. The van der Waals surface area contributed by atoms with Gasteiger partial charge in [0.15, 0.2) is 6.10 Å². The fraction of sp³-hybridized carbons (Fsp3) is 0.776. The summed E-state index contributed by atoms with van der Waals surface area (Å²) in [5, 5.41) is 0. The van der Waals surface area contributed by atoms with Crippen molar-refractivity contribution in [2.75, 3.05) is 13.2 Å². The minimum Gasteiger partial charge on any atom is -0.462 e. The number of ether oxygens (including phenoxy) is 3. The van der Waals surface area contributed by atoms with Gasteiger partial charge in [0.1, 0.15) is 13.2 Å². The predicted octanol–water partition coefficient (Wildman–Crippen LogP) is 24.6. The molecule has 1 atom stereocenters. The van der Waals surface area contributed by atoms with E-state index >= 15 is 0 Å². The zero-order valence-electron chi connectivity index (χ0n) is 54.5. The van der Waals surface area contributed by atoms with Gasteiger partial charge in [0, 0.05) is 19.3 Å². The molecule has 0 aromatic rings. The fourth-order valence-electron chi connectivity index (χ4n) is 10.3. The molecule has 1 unspecified atom stereocenters. The topological polar surface area (TPSA) is 78.9 Å². The van der Waals surface area contributed by atoms with Gasteiger partial charge < -0.3 is 14.2 Å². The van der Waals surface area contributed by atoms with E-state index in [0.717, 1.165) is 103 Å². The number of rotatable bonds is 65. The van der Waals surface area contributed by atoms with Crippen molar-refractivity contribution >= 4 is 17.9 Å². The van der Waals surface area contributed by atoms with Crippen LogP contribution in [-0.4, -0.2) is 37.2 Å². The van der Waals surface area contributed by atoms with Crippen LogP contribution in [0.4, 0.5) is 0 Å². The molecule has 0 amide bonds. The van der Waals surface area contributed by atoms with Crippen molar-refractivity contribution in [3.8, 4) is 0 Å². The number of hydrogen-bond donors (Lipinski definition) is 0. The van der Waals surface area contributed by atoms with Gasteiger partial charge in [0.05, 0.1) is 0 Å². The molecule has 474 valence electrons. The Bertz CT molecular complexity index is 1550. The number of allylic oxidation sites excluding steroid dienone is 14. The molecule has 0 fully saturated rings. The van der Waals surface area contributed by atoms with Gasteiger partial charge in [-0.2, -0.15) is 0 Å². The molecule has 0 aliphatic rings. The lowest BCUT2D eigenvalue weighted by atomic mass is 10.0. The Balaban J connectivity index is 4.11. The number of unbranched alkanes of at least 4 members (excludes halogenated alkanes) is 40. The van der Waals surface area contributed by atoms with E-state index in [4.69, 9.17) is 14.2 Å². The number of hydrogen-bond acceptors (Lipinski definition) is 6. The second-order valence-corrected chi connectivity index (χ2v) is 23.8. The van der Waals surface area contributed by atoms with E-state index in [1.807, 2.05) is 0 Å². The fourth-order valence-corrected chi connectivity index (χ4v) is 10.3.